The first-order valence-electron chi connectivity index (χ1n) is 9.11. The van der Waals surface area contributed by atoms with E-state index in [-0.39, 0.29) is 11.4 Å². The zero-order valence-corrected chi connectivity index (χ0v) is 16.6. The Hall–Kier alpha value is -2.92. The Balaban J connectivity index is 1.93. The van der Waals surface area contributed by atoms with Crippen LogP contribution in [-0.2, 0) is 17.9 Å². The van der Waals surface area contributed by atoms with Gasteiger partial charge in [0.05, 0.1) is 24.3 Å². The molecule has 6 heteroatoms. The van der Waals surface area contributed by atoms with Crippen molar-refractivity contribution in [1.29, 1.82) is 0 Å². The van der Waals surface area contributed by atoms with Crippen molar-refractivity contribution < 1.29 is 4.79 Å². The number of amides is 1. The molecule has 0 spiro atoms. The van der Waals surface area contributed by atoms with Crippen LogP contribution >= 0.6 is 11.6 Å². The summed E-state index contributed by atoms with van der Waals surface area (Å²) in [7, 11) is 0. The van der Waals surface area contributed by atoms with Crippen LogP contribution in [0.2, 0.25) is 5.02 Å². The predicted molar refractivity (Wildman–Crippen MR) is 111 cm³/mol. The standard InChI is InChI=1S/C22H21ClN4O/c1-4-19(28)26-13-18-20(15-9-11-24-12-10-15)21(16-5-7-17(23)8-6-16)25-27(18)14-22(26,2)3/h4-12H,1,13-14H2,2-3H3. The van der Waals surface area contributed by atoms with Gasteiger partial charge in [-0.25, -0.2) is 0 Å². The van der Waals surface area contributed by atoms with Gasteiger partial charge in [0.25, 0.3) is 0 Å². The normalized spacial score (nSPS) is 15.2. The second kappa shape index (κ2) is 6.91. The van der Waals surface area contributed by atoms with Crippen molar-refractivity contribution in [2.75, 3.05) is 0 Å². The number of benzene rings is 1. The summed E-state index contributed by atoms with van der Waals surface area (Å²) in [5.74, 6) is -0.0776. The third kappa shape index (κ3) is 3.12. The molecule has 0 fully saturated rings. The van der Waals surface area contributed by atoms with Crippen LogP contribution in [-0.4, -0.2) is 31.1 Å². The van der Waals surface area contributed by atoms with Crippen LogP contribution in [0.5, 0.6) is 0 Å². The van der Waals surface area contributed by atoms with Crippen molar-refractivity contribution in [3.63, 3.8) is 0 Å². The first-order chi connectivity index (χ1) is 13.4. The monoisotopic (exact) mass is 392 g/mol. The second-order valence-electron chi connectivity index (χ2n) is 7.51. The van der Waals surface area contributed by atoms with Crippen LogP contribution in [0.4, 0.5) is 0 Å². The fraction of sp³-hybridized carbons (Fsp3) is 0.227. The summed E-state index contributed by atoms with van der Waals surface area (Å²) in [6.45, 7) is 8.84. The van der Waals surface area contributed by atoms with E-state index in [9.17, 15) is 4.79 Å². The maximum Gasteiger partial charge on any atom is 0.246 e. The number of hydrogen-bond donors (Lipinski definition) is 0. The van der Waals surface area contributed by atoms with Crippen LogP contribution in [0.25, 0.3) is 22.4 Å². The van der Waals surface area contributed by atoms with Gasteiger partial charge in [0.2, 0.25) is 5.91 Å². The highest BCUT2D eigenvalue weighted by Gasteiger charge is 2.38. The van der Waals surface area contributed by atoms with Gasteiger partial charge >= 0.3 is 0 Å². The summed E-state index contributed by atoms with van der Waals surface area (Å²) in [5, 5.41) is 5.61. The van der Waals surface area contributed by atoms with Crippen LogP contribution in [0.1, 0.15) is 19.5 Å². The predicted octanol–water partition coefficient (Wildman–Crippen LogP) is 4.57. The minimum absolute atomic E-state index is 0.0776. The largest absolute Gasteiger partial charge is 0.326 e. The van der Waals surface area contributed by atoms with Crippen LogP contribution < -0.4 is 0 Å². The average molecular weight is 393 g/mol. The van der Waals surface area contributed by atoms with Gasteiger partial charge in [0.1, 0.15) is 5.69 Å². The SMILES string of the molecule is C=CC(=O)N1Cc2c(-c3ccncc3)c(-c3ccc(Cl)cc3)nn2CC1(C)C. The lowest BCUT2D eigenvalue weighted by atomic mass is 9.95. The van der Waals surface area contributed by atoms with E-state index in [1.54, 1.807) is 12.4 Å². The Kier molecular flexibility index (Phi) is 4.55. The highest BCUT2D eigenvalue weighted by Crippen LogP contribution is 2.39. The molecule has 3 aromatic rings. The van der Waals surface area contributed by atoms with Crippen molar-refractivity contribution in [2.24, 2.45) is 0 Å². The average Bonchev–Trinajstić information content (AvgIpc) is 3.04. The van der Waals surface area contributed by atoms with Crippen molar-refractivity contribution in [2.45, 2.75) is 32.5 Å². The molecule has 1 aliphatic rings. The Bertz CT molecular complexity index is 1040. The summed E-state index contributed by atoms with van der Waals surface area (Å²) in [5.41, 5.74) is 4.54. The highest BCUT2D eigenvalue weighted by molar-refractivity contribution is 6.30. The molecule has 5 nitrogen and oxygen atoms in total. The third-order valence-corrected chi connectivity index (χ3v) is 5.41. The second-order valence-corrected chi connectivity index (χ2v) is 7.95. The Morgan fingerprint density at radius 3 is 2.46 bits per heavy atom. The molecule has 2 aromatic heterocycles. The first kappa shape index (κ1) is 18.4. The number of nitrogens with zero attached hydrogens (tertiary/aromatic N) is 4. The molecule has 0 bridgehead atoms. The van der Waals surface area contributed by atoms with Crippen molar-refractivity contribution in [1.82, 2.24) is 19.7 Å². The molecular weight excluding hydrogens is 372 g/mol. The molecule has 3 heterocycles. The molecule has 0 N–H and O–H groups in total. The molecule has 28 heavy (non-hydrogen) atoms. The van der Waals surface area contributed by atoms with E-state index in [1.165, 1.54) is 6.08 Å². The van der Waals surface area contributed by atoms with Crippen LogP contribution in [0, 0.1) is 0 Å². The van der Waals surface area contributed by atoms with Gasteiger partial charge in [-0.3, -0.25) is 14.5 Å². The van der Waals surface area contributed by atoms with Gasteiger partial charge in [-0.05, 0) is 49.8 Å². The smallest absolute Gasteiger partial charge is 0.246 e. The molecule has 1 aliphatic heterocycles. The maximum absolute atomic E-state index is 12.5. The minimum atomic E-state index is -0.364. The van der Waals surface area contributed by atoms with Crippen molar-refractivity contribution in [3.8, 4) is 22.4 Å². The van der Waals surface area contributed by atoms with Crippen LogP contribution in [0.3, 0.4) is 0 Å². The summed E-state index contributed by atoms with van der Waals surface area (Å²) < 4.78 is 2.02. The number of aromatic nitrogens is 3. The molecule has 1 aromatic carbocycles. The highest BCUT2D eigenvalue weighted by atomic mass is 35.5. The van der Waals surface area contributed by atoms with Gasteiger partial charge in [0.15, 0.2) is 0 Å². The first-order valence-corrected chi connectivity index (χ1v) is 9.48. The topological polar surface area (TPSA) is 51.0 Å². The molecular formula is C22H21ClN4O. The molecule has 0 radical (unpaired) electrons. The van der Waals surface area contributed by atoms with E-state index >= 15 is 0 Å². The van der Waals surface area contributed by atoms with Gasteiger partial charge < -0.3 is 4.90 Å². The maximum atomic E-state index is 12.5. The molecule has 0 saturated heterocycles. The Morgan fingerprint density at radius 2 is 1.82 bits per heavy atom. The van der Waals surface area contributed by atoms with E-state index in [1.807, 2.05) is 59.8 Å². The van der Waals surface area contributed by atoms with Gasteiger partial charge in [-0.2, -0.15) is 5.10 Å². The lowest BCUT2D eigenvalue weighted by Crippen LogP contribution is -2.53. The minimum Gasteiger partial charge on any atom is -0.326 e. The van der Waals surface area contributed by atoms with E-state index < -0.39 is 0 Å². The number of fused-ring (bicyclic) bond motifs is 1. The van der Waals surface area contributed by atoms with E-state index in [0.717, 1.165) is 28.1 Å². The Morgan fingerprint density at radius 1 is 1.14 bits per heavy atom. The van der Waals surface area contributed by atoms with Gasteiger partial charge in [0, 0.05) is 28.5 Å². The molecule has 142 valence electrons. The molecule has 0 saturated carbocycles. The summed E-state index contributed by atoms with van der Waals surface area (Å²) in [6, 6.07) is 11.6. The van der Waals surface area contributed by atoms with Gasteiger partial charge in [-0.15, -0.1) is 0 Å². The fourth-order valence-electron chi connectivity index (χ4n) is 3.72. The number of halogens is 1. The summed E-state index contributed by atoms with van der Waals surface area (Å²) in [4.78, 5) is 18.5. The molecule has 0 aliphatic carbocycles. The zero-order valence-electron chi connectivity index (χ0n) is 15.9. The summed E-state index contributed by atoms with van der Waals surface area (Å²) >= 11 is 6.08. The summed E-state index contributed by atoms with van der Waals surface area (Å²) in [6.07, 6.45) is 4.91. The lowest BCUT2D eigenvalue weighted by molar-refractivity contribution is -0.134. The van der Waals surface area contributed by atoms with Crippen molar-refractivity contribution >= 4 is 17.5 Å². The third-order valence-electron chi connectivity index (χ3n) is 5.16. The number of pyridine rings is 1. The molecule has 0 atom stereocenters. The van der Waals surface area contributed by atoms with Crippen LogP contribution in [0.15, 0.2) is 61.4 Å². The van der Waals surface area contributed by atoms with Crippen molar-refractivity contribution in [3.05, 3.63) is 72.2 Å². The number of hydrogen-bond acceptors (Lipinski definition) is 3. The lowest BCUT2D eigenvalue weighted by Gasteiger charge is -2.42. The van der Waals surface area contributed by atoms with E-state index in [4.69, 9.17) is 16.7 Å². The molecule has 1 amide bonds. The number of carbonyl (C=O) groups is 1. The molecule has 4 rings (SSSR count). The zero-order chi connectivity index (χ0) is 19.9. The van der Waals surface area contributed by atoms with E-state index in [2.05, 4.69) is 11.6 Å². The quantitative estimate of drug-likeness (QED) is 0.613. The number of rotatable bonds is 3. The molecule has 0 unspecified atom stereocenters. The number of carbonyl (C=O) groups excluding carboxylic acids is 1. The Labute approximate surface area is 169 Å². The van der Waals surface area contributed by atoms with Gasteiger partial charge in [-0.1, -0.05) is 30.3 Å². The fourth-order valence-corrected chi connectivity index (χ4v) is 3.85. The van der Waals surface area contributed by atoms with E-state index in [0.29, 0.717) is 18.1 Å².